The van der Waals surface area contributed by atoms with Crippen LogP contribution in [0.15, 0.2) is 95.9 Å². The summed E-state index contributed by atoms with van der Waals surface area (Å²) < 4.78 is 27.4. The Morgan fingerprint density at radius 3 is 2.17 bits per heavy atom. The minimum absolute atomic E-state index is 0.103. The van der Waals surface area contributed by atoms with Crippen molar-refractivity contribution in [1.29, 1.82) is 0 Å². The average molecular weight is 507 g/mol. The van der Waals surface area contributed by atoms with Crippen LogP contribution in [-0.4, -0.2) is 42.4 Å². The standard InChI is InChI=1S/C26H26N4O3S2/c1-30(35(32,33)23-15-9-4-10-16-23)19-22(21-13-7-3-8-14-21)18-24(31)27-26-29-28-25(34-26)17-20-11-5-2-6-12-20/h2-16,22H,17-19H2,1H3,(H,27,29,31)/t22-/m0/s1. The van der Waals surface area contributed by atoms with Crippen molar-refractivity contribution < 1.29 is 13.2 Å². The van der Waals surface area contributed by atoms with E-state index in [1.165, 1.54) is 22.7 Å². The van der Waals surface area contributed by atoms with E-state index in [0.717, 1.165) is 16.1 Å². The lowest BCUT2D eigenvalue weighted by molar-refractivity contribution is -0.116. The molecule has 0 aliphatic heterocycles. The largest absolute Gasteiger partial charge is 0.301 e. The molecule has 0 saturated carbocycles. The number of rotatable bonds is 10. The molecule has 4 rings (SSSR count). The van der Waals surface area contributed by atoms with E-state index in [1.807, 2.05) is 60.7 Å². The molecule has 1 amide bonds. The van der Waals surface area contributed by atoms with Crippen LogP contribution in [0, 0.1) is 0 Å². The van der Waals surface area contributed by atoms with Crippen molar-refractivity contribution in [3.63, 3.8) is 0 Å². The Kier molecular flexibility index (Phi) is 8.02. The van der Waals surface area contributed by atoms with Crippen LogP contribution in [0.3, 0.4) is 0 Å². The summed E-state index contributed by atoms with van der Waals surface area (Å²) in [7, 11) is -2.14. The number of carbonyl (C=O) groups is 1. The maximum absolute atomic E-state index is 13.0. The highest BCUT2D eigenvalue weighted by Crippen LogP contribution is 2.25. The highest BCUT2D eigenvalue weighted by molar-refractivity contribution is 7.89. The maximum Gasteiger partial charge on any atom is 0.242 e. The molecule has 0 saturated heterocycles. The predicted molar refractivity (Wildman–Crippen MR) is 138 cm³/mol. The van der Waals surface area contributed by atoms with Crippen molar-refractivity contribution in [2.75, 3.05) is 18.9 Å². The minimum Gasteiger partial charge on any atom is -0.301 e. The van der Waals surface area contributed by atoms with Gasteiger partial charge in [-0.3, -0.25) is 4.79 Å². The van der Waals surface area contributed by atoms with Gasteiger partial charge in [0.05, 0.1) is 4.90 Å². The molecule has 4 aromatic rings. The summed E-state index contributed by atoms with van der Waals surface area (Å²) in [4.78, 5) is 13.1. The number of aromatic nitrogens is 2. The van der Waals surface area contributed by atoms with E-state index < -0.39 is 10.0 Å². The number of benzene rings is 3. The fourth-order valence-electron chi connectivity index (χ4n) is 3.73. The Hall–Kier alpha value is -3.40. The maximum atomic E-state index is 13.0. The normalized spacial score (nSPS) is 12.4. The quantitative estimate of drug-likeness (QED) is 0.340. The predicted octanol–water partition coefficient (Wildman–Crippen LogP) is 4.56. The summed E-state index contributed by atoms with van der Waals surface area (Å²) in [6, 6.07) is 27.7. The summed E-state index contributed by atoms with van der Waals surface area (Å²) in [5.74, 6) is -0.580. The Balaban J connectivity index is 1.45. The topological polar surface area (TPSA) is 92.3 Å². The second-order valence-corrected chi connectivity index (χ2v) is 11.2. The molecule has 1 aromatic heterocycles. The zero-order valence-corrected chi connectivity index (χ0v) is 20.9. The monoisotopic (exact) mass is 506 g/mol. The molecule has 0 fully saturated rings. The van der Waals surface area contributed by atoms with E-state index in [-0.39, 0.29) is 29.7 Å². The lowest BCUT2D eigenvalue weighted by atomic mass is 9.95. The third kappa shape index (κ3) is 6.60. The minimum atomic E-state index is -3.68. The van der Waals surface area contributed by atoms with Crippen molar-refractivity contribution in [2.24, 2.45) is 0 Å². The van der Waals surface area contributed by atoms with Crippen LogP contribution >= 0.6 is 11.3 Å². The van der Waals surface area contributed by atoms with Crippen LogP contribution in [0.5, 0.6) is 0 Å². The fourth-order valence-corrected chi connectivity index (χ4v) is 5.76. The van der Waals surface area contributed by atoms with E-state index in [0.29, 0.717) is 11.6 Å². The molecule has 1 atom stereocenters. The summed E-state index contributed by atoms with van der Waals surface area (Å²) in [6.07, 6.45) is 0.745. The first-order valence-corrected chi connectivity index (χ1v) is 13.4. The first-order chi connectivity index (χ1) is 16.9. The van der Waals surface area contributed by atoms with Crippen LogP contribution in [0.25, 0.3) is 0 Å². The smallest absolute Gasteiger partial charge is 0.242 e. The van der Waals surface area contributed by atoms with Gasteiger partial charge in [-0.25, -0.2) is 12.7 Å². The Morgan fingerprint density at radius 2 is 1.51 bits per heavy atom. The number of nitrogens with one attached hydrogen (secondary N) is 1. The van der Waals surface area contributed by atoms with Gasteiger partial charge in [-0.15, -0.1) is 10.2 Å². The first-order valence-electron chi connectivity index (χ1n) is 11.1. The van der Waals surface area contributed by atoms with Gasteiger partial charge in [0.15, 0.2) is 0 Å². The summed E-state index contributed by atoms with van der Waals surface area (Å²) in [6.45, 7) is 0.157. The fraction of sp³-hybridized carbons (Fsp3) is 0.192. The van der Waals surface area contributed by atoms with Gasteiger partial charge >= 0.3 is 0 Å². The zero-order valence-electron chi connectivity index (χ0n) is 19.2. The van der Waals surface area contributed by atoms with E-state index >= 15 is 0 Å². The van der Waals surface area contributed by atoms with Crippen LogP contribution in [0.2, 0.25) is 0 Å². The highest BCUT2D eigenvalue weighted by atomic mass is 32.2. The number of amides is 1. The Bertz CT molecular complexity index is 1350. The summed E-state index contributed by atoms with van der Waals surface area (Å²) >= 11 is 1.33. The molecule has 7 nitrogen and oxygen atoms in total. The molecule has 0 bridgehead atoms. The van der Waals surface area contributed by atoms with Gasteiger partial charge in [-0.05, 0) is 23.3 Å². The van der Waals surface area contributed by atoms with Gasteiger partial charge in [-0.2, -0.15) is 0 Å². The lowest BCUT2D eigenvalue weighted by Crippen LogP contribution is -2.32. The zero-order chi connectivity index (χ0) is 24.7. The van der Waals surface area contributed by atoms with Crippen molar-refractivity contribution >= 4 is 32.4 Å². The molecule has 9 heteroatoms. The third-order valence-corrected chi connectivity index (χ3v) is 8.22. The molecule has 0 aliphatic carbocycles. The molecular formula is C26H26N4O3S2. The van der Waals surface area contributed by atoms with Gasteiger partial charge in [0.1, 0.15) is 5.01 Å². The third-order valence-electron chi connectivity index (χ3n) is 5.54. The molecule has 3 aromatic carbocycles. The first kappa shape index (κ1) is 24.7. The summed E-state index contributed by atoms with van der Waals surface area (Å²) in [5.41, 5.74) is 2.01. The number of anilines is 1. The second kappa shape index (κ2) is 11.4. The molecule has 0 radical (unpaired) electrons. The van der Waals surface area contributed by atoms with E-state index in [1.54, 1.807) is 30.3 Å². The molecule has 35 heavy (non-hydrogen) atoms. The van der Waals surface area contributed by atoms with E-state index in [4.69, 9.17) is 0 Å². The highest BCUT2D eigenvalue weighted by Gasteiger charge is 2.26. The number of nitrogens with zero attached hydrogens (tertiary/aromatic N) is 3. The number of sulfonamides is 1. The second-order valence-electron chi connectivity index (χ2n) is 8.12. The molecule has 1 N–H and O–H groups in total. The van der Waals surface area contributed by atoms with Crippen LogP contribution in [0.1, 0.15) is 28.5 Å². The van der Waals surface area contributed by atoms with Crippen LogP contribution in [-0.2, 0) is 21.2 Å². The lowest BCUT2D eigenvalue weighted by Gasteiger charge is -2.24. The SMILES string of the molecule is CN(C[C@H](CC(=O)Nc1nnc(Cc2ccccc2)s1)c1ccccc1)S(=O)(=O)c1ccccc1. The molecular weight excluding hydrogens is 480 g/mol. The van der Waals surface area contributed by atoms with Gasteiger partial charge in [0.25, 0.3) is 0 Å². The van der Waals surface area contributed by atoms with Gasteiger partial charge in [-0.1, -0.05) is 90.2 Å². The average Bonchev–Trinajstić information content (AvgIpc) is 3.31. The van der Waals surface area contributed by atoms with Crippen LogP contribution < -0.4 is 5.32 Å². The molecule has 0 aliphatic rings. The van der Waals surface area contributed by atoms with Gasteiger partial charge < -0.3 is 5.32 Å². The van der Waals surface area contributed by atoms with Gasteiger partial charge in [0.2, 0.25) is 21.1 Å². The van der Waals surface area contributed by atoms with Crippen molar-refractivity contribution in [2.45, 2.75) is 23.7 Å². The van der Waals surface area contributed by atoms with E-state index in [2.05, 4.69) is 15.5 Å². The van der Waals surface area contributed by atoms with E-state index in [9.17, 15) is 13.2 Å². The number of likely N-dealkylation sites (N-methyl/N-ethyl adjacent to an activating group) is 1. The Labute approximate surface area is 209 Å². The number of hydrogen-bond acceptors (Lipinski definition) is 6. The molecule has 1 heterocycles. The molecule has 180 valence electrons. The van der Waals surface area contributed by atoms with Gasteiger partial charge in [0, 0.05) is 32.4 Å². The molecule has 0 spiro atoms. The number of hydrogen-bond donors (Lipinski definition) is 1. The summed E-state index contributed by atoms with van der Waals surface area (Å²) in [5, 5.41) is 12.3. The van der Waals surface area contributed by atoms with Crippen LogP contribution in [0.4, 0.5) is 5.13 Å². The van der Waals surface area contributed by atoms with Crippen molar-refractivity contribution in [3.05, 3.63) is 107 Å². The molecule has 0 unspecified atom stereocenters. The van der Waals surface area contributed by atoms with Crippen molar-refractivity contribution in [3.8, 4) is 0 Å². The number of carbonyl (C=O) groups excluding carboxylic acids is 1. The Morgan fingerprint density at radius 1 is 0.914 bits per heavy atom. The van der Waals surface area contributed by atoms with Crippen molar-refractivity contribution in [1.82, 2.24) is 14.5 Å².